The topological polar surface area (TPSA) is 18.5 Å². The minimum atomic E-state index is -1.98. The van der Waals surface area contributed by atoms with Crippen molar-refractivity contribution in [3.8, 4) is 5.75 Å². The van der Waals surface area contributed by atoms with Crippen LogP contribution >= 0.6 is 15.9 Å². The predicted molar refractivity (Wildman–Crippen MR) is 120 cm³/mol. The monoisotopic (exact) mass is 444 g/mol. The van der Waals surface area contributed by atoms with Gasteiger partial charge >= 0.3 is 0 Å². The minimum absolute atomic E-state index is 0.113. The normalized spacial score (nSPS) is 19.7. The van der Waals surface area contributed by atoms with E-state index in [1.54, 1.807) is 0 Å². The van der Waals surface area contributed by atoms with Gasteiger partial charge in [-0.1, -0.05) is 57.2 Å². The Labute approximate surface area is 172 Å². The summed E-state index contributed by atoms with van der Waals surface area (Å²) in [5, 5.41) is 0.135. The SMILES string of the molecule is Cc1cccc2c1C=C[C@@H](Oc1ccccc1Br)[C@@H]2O[Si](C)(C)C(C)(C)C. The zero-order valence-electron chi connectivity index (χ0n) is 17.0. The van der Waals surface area contributed by atoms with Gasteiger partial charge in [-0.3, -0.25) is 0 Å². The molecule has 2 aromatic carbocycles. The fourth-order valence-electron chi connectivity index (χ4n) is 3.06. The van der Waals surface area contributed by atoms with Crippen LogP contribution in [0.15, 0.2) is 53.0 Å². The minimum Gasteiger partial charge on any atom is -0.482 e. The van der Waals surface area contributed by atoms with Crippen LogP contribution in [0.25, 0.3) is 6.08 Å². The Morgan fingerprint density at radius 3 is 2.37 bits per heavy atom. The zero-order valence-corrected chi connectivity index (χ0v) is 19.6. The number of fused-ring (bicyclic) bond motifs is 1. The van der Waals surface area contributed by atoms with E-state index < -0.39 is 8.32 Å². The lowest BCUT2D eigenvalue weighted by Gasteiger charge is -2.42. The summed E-state index contributed by atoms with van der Waals surface area (Å²) in [6, 6.07) is 14.4. The molecule has 0 radical (unpaired) electrons. The second-order valence-corrected chi connectivity index (χ2v) is 14.4. The van der Waals surface area contributed by atoms with Gasteiger partial charge in [0.15, 0.2) is 8.32 Å². The molecular weight excluding hydrogens is 416 g/mol. The van der Waals surface area contributed by atoms with Crippen LogP contribution in [0.3, 0.4) is 0 Å². The van der Waals surface area contributed by atoms with Gasteiger partial charge in [-0.05, 0) is 75.9 Å². The second-order valence-electron chi connectivity index (χ2n) is 8.75. The molecule has 0 saturated carbocycles. The molecule has 0 N–H and O–H groups in total. The Morgan fingerprint density at radius 2 is 1.70 bits per heavy atom. The van der Waals surface area contributed by atoms with E-state index in [9.17, 15) is 0 Å². The predicted octanol–water partition coefficient (Wildman–Crippen LogP) is 7.29. The molecule has 0 heterocycles. The summed E-state index contributed by atoms with van der Waals surface area (Å²) < 4.78 is 14.3. The van der Waals surface area contributed by atoms with Crippen molar-refractivity contribution in [2.75, 3.05) is 0 Å². The first-order valence-electron chi connectivity index (χ1n) is 9.47. The van der Waals surface area contributed by atoms with Crippen molar-refractivity contribution in [3.63, 3.8) is 0 Å². The second kappa shape index (κ2) is 7.57. The van der Waals surface area contributed by atoms with Crippen LogP contribution in [0.1, 0.15) is 43.6 Å². The van der Waals surface area contributed by atoms with E-state index in [2.05, 4.69) is 87.1 Å². The van der Waals surface area contributed by atoms with E-state index in [0.29, 0.717) is 0 Å². The number of ether oxygens (including phenoxy) is 1. The molecule has 0 aliphatic heterocycles. The zero-order chi connectivity index (χ0) is 19.8. The van der Waals surface area contributed by atoms with Gasteiger partial charge in [-0.15, -0.1) is 0 Å². The third kappa shape index (κ3) is 4.23. The number of rotatable bonds is 4. The lowest BCUT2D eigenvalue weighted by atomic mass is 9.90. The van der Waals surface area contributed by atoms with E-state index in [-0.39, 0.29) is 17.2 Å². The molecule has 2 nitrogen and oxygen atoms in total. The lowest BCUT2D eigenvalue weighted by Crippen LogP contribution is -2.45. The number of para-hydroxylation sites is 1. The van der Waals surface area contributed by atoms with E-state index >= 15 is 0 Å². The molecular formula is C23H29BrO2Si. The number of benzene rings is 2. The molecule has 0 bridgehead atoms. The van der Waals surface area contributed by atoms with Gasteiger partial charge in [0.2, 0.25) is 0 Å². The van der Waals surface area contributed by atoms with Gasteiger partial charge in [0.05, 0.1) is 4.47 Å². The number of halogens is 1. The average Bonchev–Trinajstić information content (AvgIpc) is 2.58. The highest BCUT2D eigenvalue weighted by atomic mass is 79.9. The fraction of sp³-hybridized carbons (Fsp3) is 0.391. The molecule has 4 heteroatoms. The number of hydrogen-bond acceptors (Lipinski definition) is 2. The number of hydrogen-bond donors (Lipinski definition) is 0. The first-order valence-corrected chi connectivity index (χ1v) is 13.2. The van der Waals surface area contributed by atoms with E-state index in [1.807, 2.05) is 24.3 Å². The van der Waals surface area contributed by atoms with Crippen LogP contribution in [-0.4, -0.2) is 14.4 Å². The smallest absolute Gasteiger partial charge is 0.193 e. The molecule has 0 fully saturated rings. The highest BCUT2D eigenvalue weighted by molar-refractivity contribution is 9.10. The molecule has 2 aromatic rings. The van der Waals surface area contributed by atoms with Crippen LogP contribution in [-0.2, 0) is 4.43 Å². The summed E-state index contributed by atoms with van der Waals surface area (Å²) in [5.41, 5.74) is 3.75. The molecule has 3 rings (SSSR count). The standard InChI is InChI=1S/C23H29BrO2Si/c1-16-10-9-11-18-17(16)14-15-21(25-20-13-8-7-12-19(20)24)22(18)26-27(5,6)23(2,3)4/h7-15,21-22H,1-6H3/t21-,22-/m1/s1. The summed E-state index contributed by atoms with van der Waals surface area (Å²) in [7, 11) is -1.98. The summed E-state index contributed by atoms with van der Waals surface area (Å²) in [4.78, 5) is 0. The Bertz CT molecular complexity index is 852. The van der Waals surface area contributed by atoms with Crippen molar-refractivity contribution in [2.45, 2.75) is 58.0 Å². The Balaban J connectivity index is 2.01. The van der Waals surface area contributed by atoms with Crippen LogP contribution in [0.5, 0.6) is 5.75 Å². The largest absolute Gasteiger partial charge is 0.482 e. The lowest BCUT2D eigenvalue weighted by molar-refractivity contribution is 0.0699. The van der Waals surface area contributed by atoms with Crippen molar-refractivity contribution >= 4 is 30.3 Å². The van der Waals surface area contributed by atoms with Gasteiger partial charge in [0.1, 0.15) is 18.0 Å². The molecule has 144 valence electrons. The van der Waals surface area contributed by atoms with Crippen molar-refractivity contribution in [1.82, 2.24) is 0 Å². The van der Waals surface area contributed by atoms with E-state index in [4.69, 9.17) is 9.16 Å². The molecule has 1 aliphatic carbocycles. The maximum absolute atomic E-state index is 6.90. The number of aryl methyl sites for hydroxylation is 1. The van der Waals surface area contributed by atoms with Crippen LogP contribution in [0, 0.1) is 6.92 Å². The van der Waals surface area contributed by atoms with Crippen LogP contribution in [0.2, 0.25) is 18.1 Å². The molecule has 0 spiro atoms. The first-order chi connectivity index (χ1) is 12.6. The van der Waals surface area contributed by atoms with Gasteiger partial charge in [0.25, 0.3) is 0 Å². The third-order valence-corrected chi connectivity index (χ3v) is 10.9. The first kappa shape index (κ1) is 20.4. The van der Waals surface area contributed by atoms with E-state index in [1.165, 1.54) is 16.7 Å². The van der Waals surface area contributed by atoms with Crippen molar-refractivity contribution in [1.29, 1.82) is 0 Å². The maximum Gasteiger partial charge on any atom is 0.193 e. The average molecular weight is 445 g/mol. The molecule has 2 atom stereocenters. The Morgan fingerprint density at radius 1 is 1.00 bits per heavy atom. The molecule has 27 heavy (non-hydrogen) atoms. The highest BCUT2D eigenvalue weighted by Gasteiger charge is 2.42. The van der Waals surface area contributed by atoms with Crippen molar-refractivity contribution in [3.05, 3.63) is 69.7 Å². The van der Waals surface area contributed by atoms with Gasteiger partial charge < -0.3 is 9.16 Å². The van der Waals surface area contributed by atoms with Crippen LogP contribution in [0.4, 0.5) is 0 Å². The van der Waals surface area contributed by atoms with Gasteiger partial charge in [-0.25, -0.2) is 0 Å². The van der Waals surface area contributed by atoms with Gasteiger partial charge in [-0.2, -0.15) is 0 Å². The molecule has 0 unspecified atom stereocenters. The summed E-state index contributed by atoms with van der Waals surface area (Å²) in [6.07, 6.45) is 4.05. The summed E-state index contributed by atoms with van der Waals surface area (Å²) in [6.45, 7) is 13.6. The quantitative estimate of drug-likeness (QED) is 0.460. The molecule has 0 aromatic heterocycles. The molecule has 0 saturated heterocycles. The maximum atomic E-state index is 6.90. The molecule has 0 amide bonds. The Hall–Kier alpha value is -1.36. The van der Waals surface area contributed by atoms with Gasteiger partial charge in [0, 0.05) is 0 Å². The summed E-state index contributed by atoms with van der Waals surface area (Å²) in [5.74, 6) is 0.840. The molecule has 1 aliphatic rings. The van der Waals surface area contributed by atoms with Crippen molar-refractivity contribution < 1.29 is 9.16 Å². The highest BCUT2D eigenvalue weighted by Crippen LogP contribution is 2.44. The summed E-state index contributed by atoms with van der Waals surface area (Å²) >= 11 is 3.60. The third-order valence-electron chi connectivity index (χ3n) is 5.74. The Kier molecular flexibility index (Phi) is 5.71. The van der Waals surface area contributed by atoms with E-state index in [0.717, 1.165) is 10.2 Å². The van der Waals surface area contributed by atoms with Crippen LogP contribution < -0.4 is 4.74 Å². The fourth-order valence-corrected chi connectivity index (χ4v) is 4.69. The van der Waals surface area contributed by atoms with Crippen molar-refractivity contribution in [2.24, 2.45) is 0 Å².